The maximum Gasteiger partial charge on any atom is 0.0988 e. The zero-order valence-corrected chi connectivity index (χ0v) is 6.24. The zero-order valence-electron chi connectivity index (χ0n) is 5.48. The molecule has 1 nitrogen and oxygen atoms in total. The fourth-order valence-corrected chi connectivity index (χ4v) is 0.512. The van der Waals surface area contributed by atoms with Crippen molar-refractivity contribution in [3.63, 3.8) is 0 Å². The summed E-state index contributed by atoms with van der Waals surface area (Å²) in [6, 6.07) is 1.98. The smallest absolute Gasteiger partial charge is 0.0988 e. The summed E-state index contributed by atoms with van der Waals surface area (Å²) in [5.41, 5.74) is 0.600. The summed E-state index contributed by atoms with van der Waals surface area (Å²) in [4.78, 5) is 0. The van der Waals surface area contributed by atoms with Crippen LogP contribution < -0.4 is 0 Å². The number of hydrogen-bond acceptors (Lipinski definition) is 1. The van der Waals surface area contributed by atoms with Crippen LogP contribution in [0.2, 0.25) is 0 Å². The molecule has 0 bridgehead atoms. The molecule has 48 valence electrons. The van der Waals surface area contributed by atoms with Crippen LogP contribution in [-0.2, 0) is 0 Å². The lowest BCUT2D eigenvalue weighted by atomic mass is 10.2. The van der Waals surface area contributed by atoms with Gasteiger partial charge in [0.1, 0.15) is 0 Å². The van der Waals surface area contributed by atoms with Crippen LogP contribution in [-0.4, -0.2) is 0 Å². The molecule has 0 saturated heterocycles. The molecule has 0 aliphatic rings. The lowest BCUT2D eigenvalue weighted by Gasteiger charge is -1.84. The van der Waals surface area contributed by atoms with E-state index in [0.717, 1.165) is 0 Å². The Labute approximate surface area is 60.2 Å². The Morgan fingerprint density at radius 3 is 2.33 bits per heavy atom. The number of nitriles is 1. The minimum absolute atomic E-state index is 0.600. The quantitative estimate of drug-likeness (QED) is 0.407. The Morgan fingerprint density at radius 1 is 1.67 bits per heavy atom. The van der Waals surface area contributed by atoms with Crippen LogP contribution in [0.1, 0.15) is 13.8 Å². The van der Waals surface area contributed by atoms with Crippen LogP contribution in [0.25, 0.3) is 0 Å². The highest BCUT2D eigenvalue weighted by molar-refractivity contribution is 6.29. The molecular formula is C7H8ClN. The second-order valence-electron chi connectivity index (χ2n) is 1.59. The van der Waals surface area contributed by atoms with Crippen LogP contribution in [0.15, 0.2) is 22.8 Å². The van der Waals surface area contributed by atoms with Gasteiger partial charge in [0, 0.05) is 10.6 Å². The number of halogens is 1. The highest BCUT2D eigenvalue weighted by Crippen LogP contribution is 2.03. The van der Waals surface area contributed by atoms with Gasteiger partial charge < -0.3 is 0 Å². The van der Waals surface area contributed by atoms with E-state index in [4.69, 9.17) is 16.9 Å². The van der Waals surface area contributed by atoms with E-state index in [2.05, 4.69) is 0 Å². The van der Waals surface area contributed by atoms with Gasteiger partial charge in [-0.1, -0.05) is 17.7 Å². The first-order valence-corrected chi connectivity index (χ1v) is 2.98. The molecule has 0 radical (unpaired) electrons. The Balaban J connectivity index is 4.24. The zero-order chi connectivity index (χ0) is 7.28. The summed E-state index contributed by atoms with van der Waals surface area (Å²) >= 11 is 5.50. The third-order valence-electron chi connectivity index (χ3n) is 0.794. The molecular weight excluding hydrogens is 134 g/mol. The van der Waals surface area contributed by atoms with Crippen molar-refractivity contribution in [2.24, 2.45) is 0 Å². The van der Waals surface area contributed by atoms with Gasteiger partial charge in [0.15, 0.2) is 0 Å². The maximum atomic E-state index is 8.35. The van der Waals surface area contributed by atoms with Crippen molar-refractivity contribution < 1.29 is 0 Å². The van der Waals surface area contributed by atoms with Crippen molar-refractivity contribution in [3.8, 4) is 6.07 Å². The van der Waals surface area contributed by atoms with Crippen molar-refractivity contribution in [1.82, 2.24) is 0 Å². The van der Waals surface area contributed by atoms with E-state index in [1.807, 2.05) is 6.07 Å². The first-order chi connectivity index (χ1) is 4.20. The minimum Gasteiger partial charge on any atom is -0.192 e. The van der Waals surface area contributed by atoms with Gasteiger partial charge in [-0.3, -0.25) is 0 Å². The molecule has 0 N–H and O–H groups in total. The minimum atomic E-state index is 0.600. The van der Waals surface area contributed by atoms with Crippen LogP contribution in [0.4, 0.5) is 0 Å². The molecule has 0 aliphatic heterocycles. The van der Waals surface area contributed by atoms with Gasteiger partial charge in [0.25, 0.3) is 0 Å². The molecule has 0 saturated carbocycles. The SMILES string of the molecule is CC=C(C#N)C=C(C)Cl. The van der Waals surface area contributed by atoms with E-state index >= 15 is 0 Å². The molecule has 0 unspecified atom stereocenters. The van der Waals surface area contributed by atoms with E-state index in [1.54, 1.807) is 26.0 Å². The molecule has 0 aliphatic carbocycles. The predicted molar refractivity (Wildman–Crippen MR) is 39.0 cm³/mol. The summed E-state index contributed by atoms with van der Waals surface area (Å²) in [7, 11) is 0. The number of rotatable bonds is 1. The monoisotopic (exact) mass is 141 g/mol. The Bertz CT molecular complexity index is 180. The van der Waals surface area contributed by atoms with E-state index in [9.17, 15) is 0 Å². The van der Waals surface area contributed by atoms with E-state index in [0.29, 0.717) is 10.6 Å². The fourth-order valence-electron chi connectivity index (χ4n) is 0.394. The Kier molecular flexibility index (Phi) is 3.83. The maximum absolute atomic E-state index is 8.35. The first kappa shape index (κ1) is 8.26. The summed E-state index contributed by atoms with van der Waals surface area (Å²) in [6.45, 7) is 3.54. The third-order valence-corrected chi connectivity index (χ3v) is 0.904. The van der Waals surface area contributed by atoms with Gasteiger partial charge >= 0.3 is 0 Å². The number of allylic oxidation sites excluding steroid dienone is 4. The van der Waals surface area contributed by atoms with Crippen molar-refractivity contribution in [1.29, 1.82) is 5.26 Å². The van der Waals surface area contributed by atoms with Crippen LogP contribution in [0.5, 0.6) is 0 Å². The second kappa shape index (κ2) is 4.17. The highest BCUT2D eigenvalue weighted by Gasteiger charge is 1.85. The topological polar surface area (TPSA) is 23.8 Å². The normalized spacial score (nSPS) is 13.1. The van der Waals surface area contributed by atoms with Gasteiger partial charge in [-0.2, -0.15) is 5.26 Å². The molecule has 0 aromatic rings. The van der Waals surface area contributed by atoms with Crippen molar-refractivity contribution in [2.75, 3.05) is 0 Å². The van der Waals surface area contributed by atoms with Crippen molar-refractivity contribution in [2.45, 2.75) is 13.8 Å². The molecule has 0 spiro atoms. The Hall–Kier alpha value is -0.740. The molecule has 0 rings (SSSR count). The lowest BCUT2D eigenvalue weighted by molar-refractivity contribution is 1.47. The Morgan fingerprint density at radius 2 is 2.22 bits per heavy atom. The molecule has 0 heterocycles. The van der Waals surface area contributed by atoms with Crippen LogP contribution in [0.3, 0.4) is 0 Å². The van der Waals surface area contributed by atoms with E-state index in [1.165, 1.54) is 0 Å². The van der Waals surface area contributed by atoms with Gasteiger partial charge in [-0.15, -0.1) is 0 Å². The van der Waals surface area contributed by atoms with Crippen molar-refractivity contribution >= 4 is 11.6 Å². The molecule has 0 amide bonds. The lowest BCUT2D eigenvalue weighted by Crippen LogP contribution is -1.69. The molecule has 9 heavy (non-hydrogen) atoms. The molecule has 0 atom stereocenters. The molecule has 0 aromatic heterocycles. The third kappa shape index (κ3) is 3.81. The average Bonchev–Trinajstić information content (AvgIpc) is 1.82. The van der Waals surface area contributed by atoms with Gasteiger partial charge in [-0.25, -0.2) is 0 Å². The first-order valence-electron chi connectivity index (χ1n) is 2.61. The standard InChI is InChI=1S/C7H8ClN/c1-3-7(5-9)4-6(2)8/h3-4H,1-2H3. The van der Waals surface area contributed by atoms with Crippen LogP contribution >= 0.6 is 11.6 Å². The molecule has 0 fully saturated rings. The predicted octanol–water partition coefficient (Wildman–Crippen LogP) is 2.60. The average molecular weight is 142 g/mol. The van der Waals surface area contributed by atoms with Crippen molar-refractivity contribution in [3.05, 3.63) is 22.8 Å². The van der Waals surface area contributed by atoms with E-state index in [-0.39, 0.29) is 0 Å². The van der Waals surface area contributed by atoms with Gasteiger partial charge in [-0.05, 0) is 19.9 Å². The van der Waals surface area contributed by atoms with E-state index < -0.39 is 0 Å². The summed E-state index contributed by atoms with van der Waals surface area (Å²) in [5.74, 6) is 0. The summed E-state index contributed by atoms with van der Waals surface area (Å²) < 4.78 is 0. The fraction of sp³-hybridized carbons (Fsp3) is 0.286. The molecule has 0 aromatic carbocycles. The molecule has 2 heteroatoms. The number of hydrogen-bond donors (Lipinski definition) is 0. The summed E-state index contributed by atoms with van der Waals surface area (Å²) in [6.07, 6.45) is 3.34. The largest absolute Gasteiger partial charge is 0.192 e. The highest BCUT2D eigenvalue weighted by atomic mass is 35.5. The van der Waals surface area contributed by atoms with Gasteiger partial charge in [0.05, 0.1) is 6.07 Å². The number of nitrogens with zero attached hydrogens (tertiary/aromatic N) is 1. The summed E-state index contributed by atoms with van der Waals surface area (Å²) in [5, 5.41) is 8.98. The van der Waals surface area contributed by atoms with Crippen LogP contribution in [0, 0.1) is 11.3 Å². The van der Waals surface area contributed by atoms with Gasteiger partial charge in [0.2, 0.25) is 0 Å². The second-order valence-corrected chi connectivity index (χ2v) is 2.18.